The zero-order chi connectivity index (χ0) is 9.84. The van der Waals surface area contributed by atoms with Crippen LogP contribution >= 0.6 is 0 Å². The topological polar surface area (TPSA) is 63.1 Å². The van der Waals surface area contributed by atoms with E-state index in [1.165, 1.54) is 0 Å². The second-order valence-electron chi connectivity index (χ2n) is 2.37. The Labute approximate surface area is 77.2 Å². The molecule has 1 aromatic rings. The molecule has 0 aliphatic heterocycles. The highest BCUT2D eigenvalue weighted by atomic mass is 16.5. The Morgan fingerprint density at radius 1 is 1.23 bits per heavy atom. The maximum atomic E-state index is 5.18. The summed E-state index contributed by atoms with van der Waals surface area (Å²) >= 11 is 0. The van der Waals surface area contributed by atoms with Gasteiger partial charge in [-0.1, -0.05) is 0 Å². The summed E-state index contributed by atoms with van der Waals surface area (Å²) in [4.78, 5) is 1.55. The van der Waals surface area contributed by atoms with Gasteiger partial charge in [-0.25, -0.2) is 0 Å². The zero-order valence-corrected chi connectivity index (χ0v) is 8.30. The summed E-state index contributed by atoms with van der Waals surface area (Å²) in [6, 6.07) is 0. The lowest BCUT2D eigenvalue weighted by Crippen LogP contribution is -2.12. The van der Waals surface area contributed by atoms with Crippen molar-refractivity contribution in [3.05, 3.63) is 0 Å². The predicted octanol–water partition coefficient (Wildman–Crippen LogP) is 0.148. The number of nitrogens with one attached hydrogen (secondary N) is 3. The average molecular weight is 185 g/mol. The van der Waals surface area contributed by atoms with Crippen LogP contribution in [-0.2, 0) is 0 Å². The summed E-state index contributed by atoms with van der Waals surface area (Å²) in [5.41, 5.74) is 3.71. The van der Waals surface area contributed by atoms with Crippen molar-refractivity contribution in [1.82, 2.24) is 9.89 Å². The fraction of sp³-hybridized carbons (Fsp3) is 0.571. The highest BCUT2D eigenvalue weighted by Crippen LogP contribution is 2.30. The molecule has 6 nitrogen and oxygen atoms in total. The normalized spacial score (nSPS) is 9.54. The fourth-order valence-electron chi connectivity index (χ4n) is 1.14. The van der Waals surface area contributed by atoms with Gasteiger partial charge >= 0.3 is 0 Å². The molecule has 6 heteroatoms. The van der Waals surface area contributed by atoms with Crippen molar-refractivity contribution in [2.45, 2.75) is 0 Å². The number of nitrogens with zero attached hydrogens (tertiary/aromatic N) is 2. The second kappa shape index (κ2) is 3.88. The van der Waals surface area contributed by atoms with Gasteiger partial charge in [0.2, 0.25) is 0 Å². The number of ether oxygens (including phenoxy) is 1. The van der Waals surface area contributed by atoms with Gasteiger partial charge in [0, 0.05) is 21.1 Å². The summed E-state index contributed by atoms with van der Waals surface area (Å²) in [5.74, 6) is 1.39. The standard InChI is InChI=1S/C7H15N5O/c1-8-5-6(9-2)11-12(10-3)7(5)13-4/h8,10H,1-4H3,(H,9,11). The van der Waals surface area contributed by atoms with Gasteiger partial charge in [0.1, 0.15) is 5.69 Å². The van der Waals surface area contributed by atoms with Crippen molar-refractivity contribution < 1.29 is 4.74 Å². The molecule has 0 spiro atoms. The first-order chi connectivity index (χ1) is 6.28. The maximum Gasteiger partial charge on any atom is 0.257 e. The van der Waals surface area contributed by atoms with Gasteiger partial charge in [0.05, 0.1) is 7.11 Å². The molecular formula is C7H15N5O. The summed E-state index contributed by atoms with van der Waals surface area (Å²) in [5, 5.41) is 10.2. The van der Waals surface area contributed by atoms with Crippen molar-refractivity contribution in [2.24, 2.45) is 0 Å². The molecule has 1 heterocycles. The van der Waals surface area contributed by atoms with E-state index in [4.69, 9.17) is 4.74 Å². The van der Waals surface area contributed by atoms with E-state index < -0.39 is 0 Å². The van der Waals surface area contributed by atoms with Gasteiger partial charge in [-0.15, -0.1) is 9.89 Å². The van der Waals surface area contributed by atoms with Gasteiger partial charge in [0.15, 0.2) is 5.82 Å². The van der Waals surface area contributed by atoms with Gasteiger partial charge < -0.3 is 20.8 Å². The van der Waals surface area contributed by atoms with E-state index in [0.717, 1.165) is 11.5 Å². The fourth-order valence-corrected chi connectivity index (χ4v) is 1.14. The monoisotopic (exact) mass is 185 g/mol. The summed E-state index contributed by atoms with van der Waals surface area (Å²) in [7, 11) is 7.00. The number of hydrogen-bond donors (Lipinski definition) is 3. The molecule has 0 aliphatic carbocycles. The first-order valence-corrected chi connectivity index (χ1v) is 3.98. The van der Waals surface area contributed by atoms with E-state index in [9.17, 15) is 0 Å². The van der Waals surface area contributed by atoms with Crippen LogP contribution in [0.5, 0.6) is 5.88 Å². The van der Waals surface area contributed by atoms with Crippen LogP contribution in [0.15, 0.2) is 0 Å². The van der Waals surface area contributed by atoms with Crippen LogP contribution in [-0.4, -0.2) is 38.1 Å². The van der Waals surface area contributed by atoms with Crippen LogP contribution in [0.4, 0.5) is 11.5 Å². The average Bonchev–Trinajstić information content (AvgIpc) is 2.54. The largest absolute Gasteiger partial charge is 0.478 e. The van der Waals surface area contributed by atoms with Crippen molar-refractivity contribution in [2.75, 3.05) is 44.3 Å². The van der Waals surface area contributed by atoms with Gasteiger partial charge in [0.25, 0.3) is 5.88 Å². The molecule has 1 aromatic heterocycles. The van der Waals surface area contributed by atoms with E-state index in [0.29, 0.717) is 5.88 Å². The van der Waals surface area contributed by atoms with Crippen LogP contribution in [0.2, 0.25) is 0 Å². The molecule has 0 fully saturated rings. The lowest BCUT2D eigenvalue weighted by atomic mass is 10.5. The minimum atomic E-state index is 0.648. The Kier molecular flexibility index (Phi) is 2.84. The highest BCUT2D eigenvalue weighted by molar-refractivity contribution is 5.70. The third kappa shape index (κ3) is 1.47. The molecule has 0 unspecified atom stereocenters. The first-order valence-electron chi connectivity index (χ1n) is 3.98. The molecule has 0 saturated heterocycles. The van der Waals surface area contributed by atoms with Gasteiger partial charge in [-0.2, -0.15) is 0 Å². The number of anilines is 2. The van der Waals surface area contributed by atoms with E-state index in [2.05, 4.69) is 21.2 Å². The molecule has 0 aliphatic rings. The van der Waals surface area contributed by atoms with Crippen LogP contribution in [0, 0.1) is 0 Å². The van der Waals surface area contributed by atoms with Crippen LogP contribution in [0.1, 0.15) is 0 Å². The molecule has 3 N–H and O–H groups in total. The molecule has 13 heavy (non-hydrogen) atoms. The first kappa shape index (κ1) is 9.50. The van der Waals surface area contributed by atoms with E-state index in [-0.39, 0.29) is 0 Å². The molecular weight excluding hydrogens is 170 g/mol. The predicted molar refractivity (Wildman–Crippen MR) is 53.2 cm³/mol. The Balaban J connectivity index is 3.17. The molecule has 0 atom stereocenters. The lowest BCUT2D eigenvalue weighted by Gasteiger charge is -2.05. The molecule has 0 bridgehead atoms. The molecule has 1 rings (SSSR count). The number of rotatable bonds is 4. The van der Waals surface area contributed by atoms with Crippen LogP contribution < -0.4 is 20.8 Å². The minimum absolute atomic E-state index is 0.648. The number of hydrogen-bond acceptors (Lipinski definition) is 5. The third-order valence-corrected chi connectivity index (χ3v) is 1.73. The number of aromatic nitrogens is 2. The molecule has 0 saturated carbocycles. The van der Waals surface area contributed by atoms with E-state index >= 15 is 0 Å². The third-order valence-electron chi connectivity index (χ3n) is 1.73. The second-order valence-corrected chi connectivity index (χ2v) is 2.37. The molecule has 0 amide bonds. The van der Waals surface area contributed by atoms with Crippen LogP contribution in [0.25, 0.3) is 0 Å². The molecule has 0 aromatic carbocycles. The van der Waals surface area contributed by atoms with Crippen LogP contribution in [0.3, 0.4) is 0 Å². The number of methoxy groups -OCH3 is 1. The molecule has 0 radical (unpaired) electrons. The SMILES string of the molecule is CNc1nn(NC)c(OC)c1NC. The lowest BCUT2D eigenvalue weighted by molar-refractivity contribution is 0.378. The molecule has 74 valence electrons. The van der Waals surface area contributed by atoms with E-state index in [1.807, 2.05) is 14.1 Å². The van der Waals surface area contributed by atoms with Crippen molar-refractivity contribution in [1.29, 1.82) is 0 Å². The Morgan fingerprint density at radius 2 is 1.92 bits per heavy atom. The summed E-state index contributed by atoms with van der Waals surface area (Å²) < 4.78 is 5.18. The summed E-state index contributed by atoms with van der Waals surface area (Å²) in [6.07, 6.45) is 0. The Morgan fingerprint density at radius 3 is 2.31 bits per heavy atom. The van der Waals surface area contributed by atoms with Crippen molar-refractivity contribution in [3.8, 4) is 5.88 Å². The van der Waals surface area contributed by atoms with E-state index in [1.54, 1.807) is 18.9 Å². The van der Waals surface area contributed by atoms with Crippen molar-refractivity contribution in [3.63, 3.8) is 0 Å². The smallest absolute Gasteiger partial charge is 0.257 e. The maximum absolute atomic E-state index is 5.18. The van der Waals surface area contributed by atoms with Gasteiger partial charge in [-0.3, -0.25) is 0 Å². The Hall–Kier alpha value is -1.59. The zero-order valence-electron chi connectivity index (χ0n) is 8.30. The van der Waals surface area contributed by atoms with Gasteiger partial charge in [-0.05, 0) is 0 Å². The minimum Gasteiger partial charge on any atom is -0.478 e. The quantitative estimate of drug-likeness (QED) is 0.623. The Bertz CT molecular complexity index is 256. The summed E-state index contributed by atoms with van der Waals surface area (Å²) in [6.45, 7) is 0. The highest BCUT2D eigenvalue weighted by Gasteiger charge is 2.15. The van der Waals surface area contributed by atoms with Crippen molar-refractivity contribution >= 4 is 11.5 Å².